The van der Waals surface area contributed by atoms with Crippen molar-refractivity contribution >= 4 is 22.5 Å². The van der Waals surface area contributed by atoms with Crippen LogP contribution in [0.5, 0.6) is 0 Å². The minimum absolute atomic E-state index is 0.0574. The number of hydrogen-bond acceptors (Lipinski definition) is 2. The first-order chi connectivity index (χ1) is 12.4. The first-order valence-electron chi connectivity index (χ1n) is 9.18. The van der Waals surface area contributed by atoms with E-state index in [0.717, 1.165) is 23.0 Å². The molecule has 1 fully saturated rings. The lowest BCUT2D eigenvalue weighted by Crippen LogP contribution is -2.15. The molecule has 132 valence electrons. The fourth-order valence-electron chi connectivity index (χ4n) is 3.46. The summed E-state index contributed by atoms with van der Waals surface area (Å²) in [6, 6.07) is 18.6. The van der Waals surface area contributed by atoms with Crippen molar-refractivity contribution in [3.8, 4) is 0 Å². The summed E-state index contributed by atoms with van der Waals surface area (Å²) in [7, 11) is 0. The van der Waals surface area contributed by atoms with Gasteiger partial charge in [0, 0.05) is 11.3 Å². The van der Waals surface area contributed by atoms with E-state index in [4.69, 9.17) is 0 Å². The van der Waals surface area contributed by atoms with Crippen molar-refractivity contribution < 1.29 is 4.79 Å². The summed E-state index contributed by atoms with van der Waals surface area (Å²) >= 11 is 0. The third-order valence-electron chi connectivity index (χ3n) is 5.19. The third-order valence-corrected chi connectivity index (χ3v) is 5.19. The normalized spacial score (nSPS) is 19.3. The fourth-order valence-corrected chi connectivity index (χ4v) is 3.46. The van der Waals surface area contributed by atoms with Crippen molar-refractivity contribution in [2.45, 2.75) is 38.5 Å². The lowest BCUT2D eigenvalue weighted by molar-refractivity contribution is -0.117. The second-order valence-electron chi connectivity index (χ2n) is 8.23. The van der Waals surface area contributed by atoms with Crippen LogP contribution in [0.4, 0.5) is 5.69 Å². The predicted octanol–water partition coefficient (Wildman–Crippen LogP) is 5.27. The summed E-state index contributed by atoms with van der Waals surface area (Å²) < 4.78 is 0. The fraction of sp³-hybridized carbons (Fsp3) is 0.304. The topological polar surface area (TPSA) is 42.0 Å². The molecule has 1 saturated carbocycles. The van der Waals surface area contributed by atoms with Crippen LogP contribution >= 0.6 is 0 Å². The van der Waals surface area contributed by atoms with E-state index in [1.165, 1.54) is 11.1 Å². The minimum Gasteiger partial charge on any atom is -0.324 e. The maximum absolute atomic E-state index is 12.6. The molecule has 0 spiro atoms. The van der Waals surface area contributed by atoms with Crippen molar-refractivity contribution in [2.24, 2.45) is 5.92 Å². The molecule has 2 unspecified atom stereocenters. The zero-order chi connectivity index (χ0) is 18.3. The Kier molecular flexibility index (Phi) is 4.03. The van der Waals surface area contributed by atoms with Crippen LogP contribution in [-0.4, -0.2) is 10.9 Å². The molecule has 1 amide bonds. The number of amides is 1. The van der Waals surface area contributed by atoms with E-state index >= 15 is 0 Å². The van der Waals surface area contributed by atoms with E-state index in [2.05, 4.69) is 55.3 Å². The van der Waals surface area contributed by atoms with Gasteiger partial charge in [0.2, 0.25) is 5.91 Å². The molecule has 0 saturated heterocycles. The molecule has 4 rings (SSSR count). The van der Waals surface area contributed by atoms with Gasteiger partial charge in [-0.2, -0.15) is 0 Å². The van der Waals surface area contributed by atoms with Crippen molar-refractivity contribution in [3.63, 3.8) is 0 Å². The Hall–Kier alpha value is -2.68. The van der Waals surface area contributed by atoms with Crippen LogP contribution in [0.25, 0.3) is 10.9 Å². The molecule has 0 bridgehead atoms. The summed E-state index contributed by atoms with van der Waals surface area (Å²) in [6.07, 6.45) is 2.65. The lowest BCUT2D eigenvalue weighted by Gasteiger charge is -2.19. The van der Waals surface area contributed by atoms with Crippen LogP contribution in [0, 0.1) is 5.92 Å². The molecule has 3 aromatic rings. The van der Waals surface area contributed by atoms with Crippen LogP contribution in [0.1, 0.15) is 44.2 Å². The number of hydrogen-bond donors (Lipinski definition) is 1. The van der Waals surface area contributed by atoms with E-state index in [1.807, 2.05) is 30.3 Å². The minimum atomic E-state index is 0.0574. The number of para-hydroxylation sites is 1. The van der Waals surface area contributed by atoms with Gasteiger partial charge < -0.3 is 5.32 Å². The Balaban J connectivity index is 1.43. The molecule has 26 heavy (non-hydrogen) atoms. The van der Waals surface area contributed by atoms with Crippen LogP contribution in [-0.2, 0) is 10.2 Å². The van der Waals surface area contributed by atoms with Gasteiger partial charge in [0.15, 0.2) is 0 Å². The highest BCUT2D eigenvalue weighted by molar-refractivity contribution is 5.96. The Morgan fingerprint density at radius 1 is 1.08 bits per heavy atom. The van der Waals surface area contributed by atoms with Gasteiger partial charge in [-0.3, -0.25) is 9.78 Å². The number of aromatic nitrogens is 1. The van der Waals surface area contributed by atoms with Gasteiger partial charge in [-0.25, -0.2) is 0 Å². The van der Waals surface area contributed by atoms with Crippen molar-refractivity contribution in [1.29, 1.82) is 0 Å². The molecule has 2 atom stereocenters. The second-order valence-corrected chi connectivity index (χ2v) is 8.23. The smallest absolute Gasteiger partial charge is 0.228 e. The molecule has 1 aliphatic rings. The zero-order valence-electron chi connectivity index (χ0n) is 15.5. The third kappa shape index (κ3) is 3.34. The Morgan fingerprint density at radius 3 is 2.54 bits per heavy atom. The van der Waals surface area contributed by atoms with E-state index in [0.29, 0.717) is 5.92 Å². The first-order valence-corrected chi connectivity index (χ1v) is 9.18. The molecule has 3 heteroatoms. The number of nitrogens with one attached hydrogen (secondary N) is 1. The van der Waals surface area contributed by atoms with Gasteiger partial charge in [-0.15, -0.1) is 0 Å². The summed E-state index contributed by atoms with van der Waals surface area (Å²) in [5.74, 6) is 0.478. The molecule has 1 aromatic heterocycles. The number of nitrogens with zero attached hydrogens (tertiary/aromatic N) is 1. The molecular weight excluding hydrogens is 320 g/mol. The van der Waals surface area contributed by atoms with Gasteiger partial charge >= 0.3 is 0 Å². The average molecular weight is 344 g/mol. The van der Waals surface area contributed by atoms with Gasteiger partial charge in [-0.05, 0) is 41.0 Å². The van der Waals surface area contributed by atoms with E-state index < -0.39 is 0 Å². The predicted molar refractivity (Wildman–Crippen MR) is 106 cm³/mol. The van der Waals surface area contributed by atoms with E-state index in [-0.39, 0.29) is 17.2 Å². The lowest BCUT2D eigenvalue weighted by atomic mass is 9.86. The van der Waals surface area contributed by atoms with Crippen molar-refractivity contribution in [2.75, 3.05) is 5.32 Å². The number of fused-ring (bicyclic) bond motifs is 1. The number of rotatable bonds is 3. The van der Waals surface area contributed by atoms with Crippen LogP contribution in [0.15, 0.2) is 60.8 Å². The highest BCUT2D eigenvalue weighted by atomic mass is 16.2. The Bertz CT molecular complexity index is 954. The first kappa shape index (κ1) is 16.8. The quantitative estimate of drug-likeness (QED) is 0.703. The highest BCUT2D eigenvalue weighted by Crippen LogP contribution is 2.48. The molecule has 1 N–H and O–H groups in total. The molecule has 0 radical (unpaired) electrons. The average Bonchev–Trinajstić information content (AvgIpc) is 3.42. The van der Waals surface area contributed by atoms with Crippen LogP contribution in [0.3, 0.4) is 0 Å². The molecule has 0 aliphatic heterocycles. The molecular formula is C23H24N2O. The van der Waals surface area contributed by atoms with E-state index in [1.54, 1.807) is 6.20 Å². The summed E-state index contributed by atoms with van der Waals surface area (Å²) in [6.45, 7) is 6.65. The van der Waals surface area contributed by atoms with Crippen molar-refractivity contribution in [1.82, 2.24) is 4.98 Å². The summed E-state index contributed by atoms with van der Waals surface area (Å²) in [4.78, 5) is 17.0. The highest BCUT2D eigenvalue weighted by Gasteiger charge is 2.44. The molecule has 2 aromatic carbocycles. The summed E-state index contributed by atoms with van der Waals surface area (Å²) in [5.41, 5.74) is 4.44. The number of pyridine rings is 1. The van der Waals surface area contributed by atoms with Crippen molar-refractivity contribution in [3.05, 3.63) is 71.9 Å². The van der Waals surface area contributed by atoms with Gasteiger partial charge in [0.05, 0.1) is 17.4 Å². The Morgan fingerprint density at radius 2 is 1.81 bits per heavy atom. The standard InChI is InChI=1S/C23H24N2O/c1-23(2,3)17-10-8-15(9-11-17)19-13-20(19)22(26)25-18-12-16-6-4-5-7-21(16)24-14-18/h4-12,14,19-20H,13H2,1-3H3,(H,25,26). The van der Waals surface area contributed by atoms with Gasteiger partial charge in [0.25, 0.3) is 0 Å². The number of carbonyl (C=O) groups excluding carboxylic acids is 1. The largest absolute Gasteiger partial charge is 0.324 e. The summed E-state index contributed by atoms with van der Waals surface area (Å²) in [5, 5.41) is 4.07. The van der Waals surface area contributed by atoms with Gasteiger partial charge in [0.1, 0.15) is 0 Å². The van der Waals surface area contributed by atoms with Crippen LogP contribution < -0.4 is 5.32 Å². The maximum Gasteiger partial charge on any atom is 0.228 e. The number of carbonyl (C=O) groups is 1. The number of benzene rings is 2. The molecule has 3 nitrogen and oxygen atoms in total. The Labute approximate surface area is 154 Å². The second kappa shape index (κ2) is 6.24. The van der Waals surface area contributed by atoms with Crippen LogP contribution in [0.2, 0.25) is 0 Å². The van der Waals surface area contributed by atoms with Gasteiger partial charge in [-0.1, -0.05) is 63.2 Å². The number of anilines is 1. The SMILES string of the molecule is CC(C)(C)c1ccc(C2CC2C(=O)Nc2cnc3ccccc3c2)cc1. The maximum atomic E-state index is 12.6. The molecule has 1 aliphatic carbocycles. The zero-order valence-corrected chi connectivity index (χ0v) is 15.5. The monoisotopic (exact) mass is 344 g/mol. The van der Waals surface area contributed by atoms with E-state index in [9.17, 15) is 4.79 Å². The molecule has 1 heterocycles.